The second-order valence-corrected chi connectivity index (χ2v) is 5.45. The van der Waals surface area contributed by atoms with Gasteiger partial charge in [-0.15, -0.1) is 0 Å². The molecule has 1 aromatic heterocycles. The number of hydrogen-bond donors (Lipinski definition) is 1. The molecule has 0 aliphatic carbocycles. The normalized spacial score (nSPS) is 12.8. The molecule has 0 fully saturated rings. The van der Waals surface area contributed by atoms with Gasteiger partial charge < -0.3 is 10.3 Å². The van der Waals surface area contributed by atoms with Crippen LogP contribution in [0.15, 0.2) is 54.6 Å². The fraction of sp³-hybridized carbons (Fsp3) is 0.222. The molecule has 20 heavy (non-hydrogen) atoms. The van der Waals surface area contributed by atoms with Crippen LogP contribution in [0.4, 0.5) is 0 Å². The van der Waals surface area contributed by atoms with E-state index in [4.69, 9.17) is 5.73 Å². The molecule has 2 heteroatoms. The number of aromatic nitrogens is 1. The molecule has 0 aliphatic rings. The molecule has 3 aromatic rings. The van der Waals surface area contributed by atoms with Crippen LogP contribution in [0.25, 0.3) is 22.2 Å². The first-order valence-electron chi connectivity index (χ1n) is 7.05. The number of nitrogens with zero attached hydrogens (tertiary/aromatic N) is 1. The Balaban J connectivity index is 2.32. The summed E-state index contributed by atoms with van der Waals surface area (Å²) in [6.45, 7) is 2.07. The SMILES string of the molecule is CC(N)Cc1c(-c2ccccc2)n(C)c2ccccc12. The first-order chi connectivity index (χ1) is 9.68. The molecule has 0 amide bonds. The maximum atomic E-state index is 6.06. The third kappa shape index (κ3) is 2.12. The van der Waals surface area contributed by atoms with Crippen LogP contribution in [0.3, 0.4) is 0 Å². The van der Waals surface area contributed by atoms with Crippen LogP contribution >= 0.6 is 0 Å². The lowest BCUT2D eigenvalue weighted by molar-refractivity contribution is 0.740. The Morgan fingerprint density at radius 2 is 1.65 bits per heavy atom. The number of aryl methyl sites for hydroxylation is 1. The van der Waals surface area contributed by atoms with Crippen molar-refractivity contribution in [1.82, 2.24) is 4.57 Å². The van der Waals surface area contributed by atoms with E-state index in [9.17, 15) is 0 Å². The second-order valence-electron chi connectivity index (χ2n) is 5.45. The molecular formula is C18H20N2. The van der Waals surface area contributed by atoms with Crippen molar-refractivity contribution in [3.05, 3.63) is 60.2 Å². The molecule has 2 N–H and O–H groups in total. The molecule has 1 unspecified atom stereocenters. The van der Waals surface area contributed by atoms with Gasteiger partial charge >= 0.3 is 0 Å². The number of rotatable bonds is 3. The predicted molar refractivity (Wildman–Crippen MR) is 85.7 cm³/mol. The summed E-state index contributed by atoms with van der Waals surface area (Å²) in [5.41, 5.74) is 11.2. The van der Waals surface area contributed by atoms with Gasteiger partial charge in [-0.3, -0.25) is 0 Å². The van der Waals surface area contributed by atoms with Crippen molar-refractivity contribution in [3.8, 4) is 11.3 Å². The highest BCUT2D eigenvalue weighted by Gasteiger charge is 2.16. The topological polar surface area (TPSA) is 30.9 Å². The average Bonchev–Trinajstić information content (AvgIpc) is 2.73. The Morgan fingerprint density at radius 1 is 1.00 bits per heavy atom. The van der Waals surface area contributed by atoms with E-state index in [2.05, 4.69) is 73.1 Å². The lowest BCUT2D eigenvalue weighted by Crippen LogP contribution is -2.18. The smallest absolute Gasteiger partial charge is 0.0521 e. The lowest BCUT2D eigenvalue weighted by Gasteiger charge is -2.10. The van der Waals surface area contributed by atoms with Crippen LogP contribution in [0.2, 0.25) is 0 Å². The summed E-state index contributed by atoms with van der Waals surface area (Å²) in [4.78, 5) is 0. The first-order valence-corrected chi connectivity index (χ1v) is 7.05. The largest absolute Gasteiger partial charge is 0.343 e. The monoisotopic (exact) mass is 264 g/mol. The summed E-state index contributed by atoms with van der Waals surface area (Å²) >= 11 is 0. The number of hydrogen-bond acceptors (Lipinski definition) is 1. The molecule has 0 bridgehead atoms. The van der Waals surface area contributed by atoms with Crippen LogP contribution in [0, 0.1) is 0 Å². The van der Waals surface area contributed by atoms with Gasteiger partial charge in [0.2, 0.25) is 0 Å². The summed E-state index contributed by atoms with van der Waals surface area (Å²) in [7, 11) is 2.13. The minimum atomic E-state index is 0.156. The highest BCUT2D eigenvalue weighted by molar-refractivity contribution is 5.91. The van der Waals surface area contributed by atoms with Gasteiger partial charge in [0, 0.05) is 24.0 Å². The molecule has 0 aliphatic heterocycles. The number of fused-ring (bicyclic) bond motifs is 1. The van der Waals surface area contributed by atoms with Gasteiger partial charge in [-0.25, -0.2) is 0 Å². The standard InChI is InChI=1S/C18H20N2/c1-13(19)12-16-15-10-6-7-11-17(15)20(2)18(16)14-8-4-3-5-9-14/h3-11,13H,12,19H2,1-2H3. The van der Waals surface area contributed by atoms with Crippen molar-refractivity contribution in [2.45, 2.75) is 19.4 Å². The lowest BCUT2D eigenvalue weighted by atomic mass is 10.00. The Hall–Kier alpha value is -2.06. The molecule has 0 saturated heterocycles. The van der Waals surface area contributed by atoms with Gasteiger partial charge in [0.25, 0.3) is 0 Å². The number of para-hydroxylation sites is 1. The van der Waals surface area contributed by atoms with Gasteiger partial charge in [0.05, 0.1) is 5.69 Å². The third-order valence-corrected chi connectivity index (χ3v) is 3.79. The van der Waals surface area contributed by atoms with Crippen LogP contribution in [-0.2, 0) is 13.5 Å². The molecule has 1 atom stereocenters. The van der Waals surface area contributed by atoms with Crippen LogP contribution in [0.1, 0.15) is 12.5 Å². The summed E-state index contributed by atoms with van der Waals surface area (Å²) in [5, 5.41) is 1.31. The summed E-state index contributed by atoms with van der Waals surface area (Å²) in [6, 6.07) is 19.3. The van der Waals surface area contributed by atoms with E-state index in [1.165, 1.54) is 27.7 Å². The summed E-state index contributed by atoms with van der Waals surface area (Å²) < 4.78 is 2.28. The minimum Gasteiger partial charge on any atom is -0.343 e. The Labute approximate surface area is 119 Å². The van der Waals surface area contributed by atoms with E-state index in [0.717, 1.165) is 6.42 Å². The molecule has 0 radical (unpaired) electrons. The predicted octanol–water partition coefficient (Wildman–Crippen LogP) is 3.74. The Bertz CT molecular complexity index is 724. The molecule has 3 rings (SSSR count). The highest BCUT2D eigenvalue weighted by Crippen LogP contribution is 2.33. The summed E-state index contributed by atoms with van der Waals surface area (Å²) in [6.07, 6.45) is 0.894. The average molecular weight is 264 g/mol. The van der Waals surface area contributed by atoms with Crippen molar-refractivity contribution >= 4 is 10.9 Å². The molecule has 0 spiro atoms. The van der Waals surface area contributed by atoms with E-state index in [-0.39, 0.29) is 6.04 Å². The van der Waals surface area contributed by atoms with E-state index in [1.54, 1.807) is 0 Å². The van der Waals surface area contributed by atoms with Gasteiger partial charge in [-0.1, -0.05) is 48.5 Å². The van der Waals surface area contributed by atoms with Crippen LogP contribution < -0.4 is 5.73 Å². The van der Waals surface area contributed by atoms with Gasteiger partial charge in [-0.05, 0) is 30.5 Å². The fourth-order valence-electron chi connectivity index (χ4n) is 2.96. The van der Waals surface area contributed by atoms with Crippen molar-refractivity contribution in [2.75, 3.05) is 0 Å². The molecule has 0 saturated carbocycles. The van der Waals surface area contributed by atoms with Gasteiger partial charge in [0.15, 0.2) is 0 Å². The quantitative estimate of drug-likeness (QED) is 0.767. The maximum Gasteiger partial charge on any atom is 0.0521 e. The minimum absolute atomic E-state index is 0.156. The van der Waals surface area contributed by atoms with Crippen molar-refractivity contribution in [3.63, 3.8) is 0 Å². The third-order valence-electron chi connectivity index (χ3n) is 3.79. The van der Waals surface area contributed by atoms with Crippen molar-refractivity contribution in [2.24, 2.45) is 12.8 Å². The number of nitrogens with two attached hydrogens (primary N) is 1. The van der Waals surface area contributed by atoms with E-state index in [0.29, 0.717) is 0 Å². The van der Waals surface area contributed by atoms with Crippen LogP contribution in [-0.4, -0.2) is 10.6 Å². The number of benzene rings is 2. The summed E-state index contributed by atoms with van der Waals surface area (Å²) in [5.74, 6) is 0. The highest BCUT2D eigenvalue weighted by atomic mass is 15.0. The first kappa shape index (κ1) is 12.9. The zero-order valence-corrected chi connectivity index (χ0v) is 12.0. The Morgan fingerprint density at radius 3 is 2.35 bits per heavy atom. The van der Waals surface area contributed by atoms with Crippen LogP contribution in [0.5, 0.6) is 0 Å². The maximum absolute atomic E-state index is 6.06. The molecule has 102 valence electrons. The zero-order chi connectivity index (χ0) is 14.1. The second kappa shape index (κ2) is 5.14. The van der Waals surface area contributed by atoms with E-state index in [1.807, 2.05) is 0 Å². The Kier molecular flexibility index (Phi) is 3.33. The van der Waals surface area contributed by atoms with Crippen molar-refractivity contribution < 1.29 is 0 Å². The van der Waals surface area contributed by atoms with E-state index < -0.39 is 0 Å². The molecular weight excluding hydrogens is 244 g/mol. The van der Waals surface area contributed by atoms with E-state index >= 15 is 0 Å². The molecule has 1 heterocycles. The fourth-order valence-corrected chi connectivity index (χ4v) is 2.96. The zero-order valence-electron chi connectivity index (χ0n) is 12.0. The van der Waals surface area contributed by atoms with Gasteiger partial charge in [0.1, 0.15) is 0 Å². The molecule has 2 aromatic carbocycles. The van der Waals surface area contributed by atoms with Gasteiger partial charge in [-0.2, -0.15) is 0 Å². The molecule has 2 nitrogen and oxygen atoms in total. The van der Waals surface area contributed by atoms with Crippen molar-refractivity contribution in [1.29, 1.82) is 0 Å².